The second-order valence-electron chi connectivity index (χ2n) is 25.2. The minimum absolute atomic E-state index is 0.174. The minimum atomic E-state index is -0.174. The van der Waals surface area contributed by atoms with E-state index in [0.29, 0.717) is 13.2 Å². The number of ether oxygens (including phenoxy) is 2. The predicted molar refractivity (Wildman–Crippen MR) is 347 cm³/mol. The maximum atomic E-state index is 6.75. The van der Waals surface area contributed by atoms with Crippen molar-refractivity contribution in [3.05, 3.63) is 56.5 Å². The van der Waals surface area contributed by atoms with Crippen LogP contribution in [0.4, 0.5) is 0 Å². The lowest BCUT2D eigenvalue weighted by Crippen LogP contribution is -2.12. The molecule has 0 aliphatic rings. The summed E-state index contributed by atoms with van der Waals surface area (Å²) in [7, 11) is 0. The van der Waals surface area contributed by atoms with E-state index >= 15 is 0 Å². The summed E-state index contributed by atoms with van der Waals surface area (Å²) in [6.45, 7) is 19.6. The molecule has 3 aromatic heterocycles. The number of hydrogen-bond acceptors (Lipinski definition) is 9. The van der Waals surface area contributed by atoms with Crippen molar-refractivity contribution in [2.45, 2.75) is 246 Å². The zero-order chi connectivity index (χ0) is 55.5. The highest BCUT2D eigenvalue weighted by Gasteiger charge is 2.28. The lowest BCUT2D eigenvalue weighted by molar-refractivity contribution is 0.259. The molecule has 0 saturated heterocycles. The Morgan fingerprint density at radius 2 is 0.633 bits per heavy atom. The molecule has 424 valence electrons. The van der Waals surface area contributed by atoms with Gasteiger partial charge in [-0.25, -0.2) is 19.9 Å². The van der Waals surface area contributed by atoms with Gasteiger partial charge in [-0.3, -0.25) is 0 Å². The molecule has 3 heterocycles. The topological polar surface area (TPSA) is 95.8 Å². The van der Waals surface area contributed by atoms with Crippen molar-refractivity contribution in [3.63, 3.8) is 0 Å². The van der Waals surface area contributed by atoms with Gasteiger partial charge in [-0.1, -0.05) is 222 Å². The zero-order valence-corrected chi connectivity index (χ0v) is 53.3. The van der Waals surface area contributed by atoms with E-state index in [1.807, 2.05) is 0 Å². The molecule has 0 saturated carbocycles. The maximum Gasteiger partial charge on any atom is 0.163 e. The van der Waals surface area contributed by atoms with Crippen LogP contribution < -0.4 is 9.47 Å². The van der Waals surface area contributed by atoms with Gasteiger partial charge < -0.3 is 9.47 Å². The summed E-state index contributed by atoms with van der Waals surface area (Å²) < 4.78 is 24.4. The largest absolute Gasteiger partial charge is 0.490 e. The average molecular weight is 1220 g/mol. The Balaban J connectivity index is 1.03. The van der Waals surface area contributed by atoms with Crippen LogP contribution in [0.15, 0.2) is 45.3 Å². The number of rotatable bonds is 32. The van der Waals surface area contributed by atoms with Gasteiger partial charge in [0, 0.05) is 44.5 Å². The second-order valence-corrected chi connectivity index (χ2v) is 27.3. The maximum absolute atomic E-state index is 6.75. The van der Waals surface area contributed by atoms with Gasteiger partial charge in [0.1, 0.15) is 22.1 Å². The van der Waals surface area contributed by atoms with Crippen LogP contribution in [-0.2, 0) is 10.8 Å². The predicted octanol–water partition coefficient (Wildman–Crippen LogP) is 22.6. The summed E-state index contributed by atoms with van der Waals surface area (Å²) in [4.78, 5) is 22.5. The van der Waals surface area contributed by atoms with Crippen molar-refractivity contribution in [2.24, 2.45) is 0 Å². The van der Waals surface area contributed by atoms with E-state index in [9.17, 15) is 0 Å². The Morgan fingerprint density at radius 1 is 0.354 bits per heavy atom. The fourth-order valence-electron chi connectivity index (χ4n) is 11.9. The van der Waals surface area contributed by atoms with Crippen LogP contribution in [0.2, 0.25) is 0 Å². The fraction of sp³-hybridized carbons (Fsp3) is 0.588. The van der Waals surface area contributed by atoms with E-state index in [0.717, 1.165) is 121 Å². The first-order chi connectivity index (χ1) is 38.3. The van der Waals surface area contributed by atoms with Crippen LogP contribution in [0.5, 0.6) is 11.5 Å². The van der Waals surface area contributed by atoms with E-state index in [-0.39, 0.29) is 10.8 Å². The lowest BCUT2D eigenvalue weighted by Gasteiger charge is -2.25. The summed E-state index contributed by atoms with van der Waals surface area (Å²) in [5.74, 6) is 1.52. The Hall–Kier alpha value is -4.06. The number of nitrogens with zero attached hydrogens (tertiary/aromatic N) is 6. The summed E-state index contributed by atoms with van der Waals surface area (Å²) in [5.41, 5.74) is 10.2. The molecule has 11 heteroatoms. The van der Waals surface area contributed by atoms with E-state index < -0.39 is 0 Å². The highest BCUT2D eigenvalue weighted by Crippen LogP contribution is 2.48. The van der Waals surface area contributed by atoms with Gasteiger partial charge in [0.15, 0.2) is 11.5 Å². The monoisotopic (exact) mass is 1210 g/mol. The molecule has 9 aromatic rings. The Labute approximate surface area is 493 Å². The number of benzene rings is 6. The molecule has 0 aliphatic heterocycles. The van der Waals surface area contributed by atoms with Crippen molar-refractivity contribution < 1.29 is 9.47 Å². The van der Waals surface area contributed by atoms with Gasteiger partial charge in [-0.2, -0.15) is 8.75 Å². The van der Waals surface area contributed by atoms with E-state index in [1.165, 1.54) is 190 Å². The van der Waals surface area contributed by atoms with Crippen molar-refractivity contribution >= 4 is 131 Å². The Bertz CT molecular complexity index is 3250. The fourth-order valence-corrected chi connectivity index (χ4v) is 13.8. The van der Waals surface area contributed by atoms with Gasteiger partial charge in [-0.05, 0) is 90.9 Å². The molecule has 0 N–H and O–H groups in total. The summed E-state index contributed by atoms with van der Waals surface area (Å²) in [6, 6.07) is 13.6. The molecule has 0 fully saturated rings. The van der Waals surface area contributed by atoms with Crippen molar-refractivity contribution in [1.29, 1.82) is 0 Å². The summed E-state index contributed by atoms with van der Waals surface area (Å²) in [5, 5.41) is 6.52. The van der Waals surface area contributed by atoms with Crippen LogP contribution in [0.25, 0.3) is 87.5 Å². The normalized spacial score (nSPS) is 12.7. The standard InChI is InChI=1S/C68H90Br2N6O2S/c1-9-11-13-15-17-19-21-23-25-27-29-31-33-35-37-77-53-43-51-52(44-54(53)78-38-36-34-32-30-28-26-24-22-20-18-16-14-12-10-2)72-60-48-40-46(68(6,7)8)42-50-56(48)55-47(59(60)71-51)39-45(67(3,4)5)41-49(55)61-62(50)74-64-58(70)66-65(75-79-76-66)57(69)63(64)73-61/h39-44H,9-38H2,1-8H3. The quantitative estimate of drug-likeness (QED) is 0.0234. The SMILES string of the molecule is CCCCCCCCCCCCCCCCOc1cc2nc3c4cc(C(C)(C)C)cc5c6nc7c(Br)c8nsnc8c(Br)c7nc6c6cc(C(C)(C)C)cc(c3nc2cc1OCCCCCCCCCCCCCCCC)c6c45. The highest BCUT2D eigenvalue weighted by atomic mass is 79.9. The molecule has 6 aromatic carbocycles. The third-order valence-electron chi connectivity index (χ3n) is 16.7. The number of aromatic nitrogens is 6. The Kier molecular flexibility index (Phi) is 21.0. The van der Waals surface area contributed by atoms with Crippen LogP contribution in [0.3, 0.4) is 0 Å². The van der Waals surface area contributed by atoms with Gasteiger partial charge >= 0.3 is 0 Å². The molecule has 0 atom stereocenters. The zero-order valence-electron chi connectivity index (χ0n) is 49.3. The van der Waals surface area contributed by atoms with Gasteiger partial charge in [-0.15, -0.1) is 0 Å². The summed E-state index contributed by atoms with van der Waals surface area (Å²) >= 11 is 9.01. The van der Waals surface area contributed by atoms with Crippen molar-refractivity contribution in [2.75, 3.05) is 13.2 Å². The first kappa shape index (κ1) is 59.6. The molecule has 9 rings (SSSR count). The first-order valence-corrected chi connectivity index (χ1v) is 33.4. The number of unbranched alkanes of at least 4 members (excludes halogenated alkanes) is 26. The van der Waals surface area contributed by atoms with E-state index in [2.05, 4.69) is 132 Å². The van der Waals surface area contributed by atoms with Crippen LogP contribution >= 0.6 is 43.6 Å². The smallest absolute Gasteiger partial charge is 0.163 e. The molecule has 0 bridgehead atoms. The first-order valence-electron chi connectivity index (χ1n) is 31.1. The average Bonchev–Trinajstić information content (AvgIpc) is 3.97. The minimum Gasteiger partial charge on any atom is -0.490 e. The molecule has 8 nitrogen and oxygen atoms in total. The molecule has 0 spiro atoms. The third-order valence-corrected chi connectivity index (χ3v) is 18.8. The van der Waals surface area contributed by atoms with Gasteiger partial charge in [0.05, 0.1) is 67.0 Å². The molecule has 79 heavy (non-hydrogen) atoms. The van der Waals surface area contributed by atoms with Gasteiger partial charge in [0.25, 0.3) is 0 Å². The number of fused-ring (bicyclic) bond motifs is 9. The summed E-state index contributed by atoms with van der Waals surface area (Å²) in [6.07, 6.45) is 37.2. The van der Waals surface area contributed by atoms with Crippen molar-refractivity contribution in [3.8, 4) is 11.5 Å². The Morgan fingerprint density at radius 3 is 0.924 bits per heavy atom. The van der Waals surface area contributed by atoms with Crippen LogP contribution in [-0.4, -0.2) is 41.9 Å². The van der Waals surface area contributed by atoms with Crippen molar-refractivity contribution in [1.82, 2.24) is 28.7 Å². The number of halogens is 2. The molecule has 0 radical (unpaired) electrons. The van der Waals surface area contributed by atoms with Gasteiger partial charge in [0.2, 0.25) is 0 Å². The van der Waals surface area contributed by atoms with E-state index in [1.54, 1.807) is 0 Å². The molecule has 0 aliphatic carbocycles. The lowest BCUT2D eigenvalue weighted by atomic mass is 9.80. The second kappa shape index (κ2) is 27.8. The molecule has 0 amide bonds. The number of hydrogen-bond donors (Lipinski definition) is 0. The molecule has 0 unspecified atom stereocenters. The molecular formula is C68H90Br2N6O2S. The van der Waals surface area contributed by atoms with Crippen LogP contribution in [0.1, 0.15) is 246 Å². The molecular weight excluding hydrogens is 1120 g/mol. The van der Waals surface area contributed by atoms with Crippen LogP contribution in [0, 0.1) is 0 Å². The third kappa shape index (κ3) is 14.2. The van der Waals surface area contributed by atoms with E-state index in [4.69, 9.17) is 29.4 Å². The highest BCUT2D eigenvalue weighted by molar-refractivity contribution is 9.11.